The Bertz CT molecular complexity index is 1350. The zero-order valence-corrected chi connectivity index (χ0v) is 22.7. The Morgan fingerprint density at radius 1 is 0.900 bits per heavy atom. The van der Waals surface area contributed by atoms with Crippen molar-refractivity contribution in [2.75, 3.05) is 19.8 Å². The third-order valence-corrected chi connectivity index (χ3v) is 6.00. The summed E-state index contributed by atoms with van der Waals surface area (Å²) in [6.07, 6.45) is -0.110. The molecule has 0 unspecified atom stereocenters. The number of rotatable bonds is 13. The molecule has 0 aliphatic rings. The Morgan fingerprint density at radius 2 is 1.62 bits per heavy atom. The molecule has 2 aromatic carbocycles. The van der Waals surface area contributed by atoms with Crippen LogP contribution in [0.4, 0.5) is 0 Å². The van der Waals surface area contributed by atoms with E-state index in [1.165, 1.54) is 6.92 Å². The van der Waals surface area contributed by atoms with Gasteiger partial charge in [0.1, 0.15) is 17.8 Å². The maximum absolute atomic E-state index is 12.8. The van der Waals surface area contributed by atoms with Gasteiger partial charge in [-0.05, 0) is 50.5 Å². The van der Waals surface area contributed by atoms with Gasteiger partial charge in [0.25, 0.3) is 5.91 Å². The van der Waals surface area contributed by atoms with Crippen LogP contribution in [0, 0.1) is 0 Å². The van der Waals surface area contributed by atoms with Crippen molar-refractivity contribution < 1.29 is 33.4 Å². The minimum Gasteiger partial charge on any atom is -0.466 e. The van der Waals surface area contributed by atoms with Crippen LogP contribution in [0.25, 0.3) is 22.0 Å². The largest absolute Gasteiger partial charge is 0.466 e. The van der Waals surface area contributed by atoms with Crippen LogP contribution in [-0.4, -0.2) is 66.5 Å². The number of nitrogens with one attached hydrogen (secondary N) is 4. The molecule has 11 heteroatoms. The van der Waals surface area contributed by atoms with Gasteiger partial charge in [-0.15, -0.1) is 0 Å². The highest BCUT2D eigenvalue weighted by Crippen LogP contribution is 2.29. The quantitative estimate of drug-likeness (QED) is 0.238. The van der Waals surface area contributed by atoms with E-state index in [9.17, 15) is 24.0 Å². The van der Waals surface area contributed by atoms with Gasteiger partial charge in [0.2, 0.25) is 11.8 Å². The van der Waals surface area contributed by atoms with Crippen molar-refractivity contribution in [3.05, 3.63) is 60.3 Å². The van der Waals surface area contributed by atoms with Gasteiger partial charge in [0, 0.05) is 17.3 Å². The number of carbonyl (C=O) groups is 5. The van der Waals surface area contributed by atoms with E-state index < -0.39 is 41.7 Å². The number of H-pyrrole nitrogens is 1. The van der Waals surface area contributed by atoms with Gasteiger partial charge in [-0.25, -0.2) is 4.79 Å². The summed E-state index contributed by atoms with van der Waals surface area (Å²) in [6.45, 7) is 4.64. The zero-order chi connectivity index (χ0) is 29.1. The maximum Gasteiger partial charge on any atom is 0.328 e. The van der Waals surface area contributed by atoms with E-state index in [2.05, 4.69) is 20.9 Å². The number of aromatic nitrogens is 1. The minimum atomic E-state index is -1.08. The Labute approximate surface area is 232 Å². The first kappa shape index (κ1) is 29.9. The summed E-state index contributed by atoms with van der Waals surface area (Å²) in [6, 6.07) is 15.1. The molecule has 3 amide bonds. The molecule has 11 nitrogen and oxygen atoms in total. The molecule has 0 aliphatic heterocycles. The number of hydrogen-bond acceptors (Lipinski definition) is 7. The van der Waals surface area contributed by atoms with Crippen LogP contribution in [0.5, 0.6) is 0 Å². The Kier molecular flexibility index (Phi) is 10.8. The van der Waals surface area contributed by atoms with Crippen LogP contribution < -0.4 is 16.0 Å². The van der Waals surface area contributed by atoms with Crippen LogP contribution in [0.2, 0.25) is 0 Å². The van der Waals surface area contributed by atoms with Gasteiger partial charge >= 0.3 is 11.9 Å². The van der Waals surface area contributed by atoms with E-state index in [1.807, 2.05) is 48.5 Å². The average Bonchev–Trinajstić information content (AvgIpc) is 3.39. The van der Waals surface area contributed by atoms with Gasteiger partial charge in [0.15, 0.2) is 0 Å². The number of aromatic amines is 1. The van der Waals surface area contributed by atoms with Crippen molar-refractivity contribution in [2.24, 2.45) is 0 Å². The van der Waals surface area contributed by atoms with Crippen LogP contribution in [0.1, 0.15) is 44.1 Å². The van der Waals surface area contributed by atoms with Crippen molar-refractivity contribution in [3.63, 3.8) is 0 Å². The average molecular weight is 551 g/mol. The van der Waals surface area contributed by atoms with Crippen molar-refractivity contribution >= 4 is 40.6 Å². The predicted octanol–water partition coefficient (Wildman–Crippen LogP) is 2.46. The molecule has 0 fully saturated rings. The topological polar surface area (TPSA) is 156 Å². The molecule has 4 N–H and O–H groups in total. The summed E-state index contributed by atoms with van der Waals surface area (Å²) in [5.74, 6) is -2.93. The SMILES string of the molecule is CCOC(=O)CC[C@@H](NC(=O)[C@H](C)NC(=O)CNC(=O)c1cc2c(-c3ccccc3)cccc2[nH]1)C(=O)OCC. The van der Waals surface area contributed by atoms with E-state index in [-0.39, 0.29) is 38.3 Å². The third-order valence-electron chi connectivity index (χ3n) is 6.00. The van der Waals surface area contributed by atoms with E-state index >= 15 is 0 Å². The Hall–Kier alpha value is -4.67. The van der Waals surface area contributed by atoms with Gasteiger partial charge in [-0.1, -0.05) is 42.5 Å². The van der Waals surface area contributed by atoms with Crippen molar-refractivity contribution in [3.8, 4) is 11.1 Å². The van der Waals surface area contributed by atoms with E-state index in [0.717, 1.165) is 22.0 Å². The molecule has 2 atom stereocenters. The van der Waals surface area contributed by atoms with Gasteiger partial charge in [-0.2, -0.15) is 0 Å². The van der Waals surface area contributed by atoms with E-state index in [0.29, 0.717) is 0 Å². The third kappa shape index (κ3) is 8.16. The summed E-state index contributed by atoms with van der Waals surface area (Å²) in [5, 5.41) is 8.40. The molecule has 0 spiro atoms. The highest BCUT2D eigenvalue weighted by molar-refractivity contribution is 6.03. The van der Waals surface area contributed by atoms with Crippen molar-refractivity contribution in [2.45, 2.75) is 45.7 Å². The van der Waals surface area contributed by atoms with Gasteiger partial charge < -0.3 is 30.4 Å². The smallest absolute Gasteiger partial charge is 0.328 e. The number of esters is 2. The lowest BCUT2D eigenvalue weighted by Crippen LogP contribution is -2.52. The van der Waals surface area contributed by atoms with E-state index in [1.54, 1.807) is 19.9 Å². The summed E-state index contributed by atoms with van der Waals surface area (Å²) >= 11 is 0. The van der Waals surface area contributed by atoms with Crippen LogP contribution >= 0.6 is 0 Å². The van der Waals surface area contributed by atoms with Crippen molar-refractivity contribution in [1.29, 1.82) is 0 Å². The number of amides is 3. The molecule has 1 heterocycles. The van der Waals surface area contributed by atoms with Crippen LogP contribution in [-0.2, 0) is 28.7 Å². The summed E-state index contributed by atoms with van der Waals surface area (Å²) in [4.78, 5) is 64.8. The molecule has 0 saturated heterocycles. The standard InChI is InChI=1S/C29H34N4O7/c1-4-39-26(35)15-14-23(29(38)40-5-2)33-27(36)18(3)31-25(34)17-30-28(37)24-16-21-20(12-9-13-22(21)32-24)19-10-7-6-8-11-19/h6-13,16,18,23,32H,4-5,14-15,17H2,1-3H3,(H,30,37)(H,31,34)(H,33,36)/t18-,23+/m0/s1. The monoisotopic (exact) mass is 550 g/mol. The zero-order valence-electron chi connectivity index (χ0n) is 22.7. The van der Waals surface area contributed by atoms with Crippen molar-refractivity contribution in [1.82, 2.24) is 20.9 Å². The lowest BCUT2D eigenvalue weighted by Gasteiger charge is -2.20. The summed E-state index contributed by atoms with van der Waals surface area (Å²) in [5.41, 5.74) is 3.04. The van der Waals surface area contributed by atoms with Crippen LogP contribution in [0.3, 0.4) is 0 Å². The molecule has 0 saturated carbocycles. The second kappa shape index (κ2) is 14.5. The number of hydrogen-bond donors (Lipinski definition) is 4. The minimum absolute atomic E-state index is 0.0172. The Morgan fingerprint density at radius 3 is 2.33 bits per heavy atom. The highest BCUT2D eigenvalue weighted by atomic mass is 16.5. The Balaban J connectivity index is 1.55. The highest BCUT2D eigenvalue weighted by Gasteiger charge is 2.26. The van der Waals surface area contributed by atoms with E-state index in [4.69, 9.17) is 9.47 Å². The number of benzene rings is 2. The summed E-state index contributed by atoms with van der Waals surface area (Å²) in [7, 11) is 0. The maximum atomic E-state index is 12.8. The summed E-state index contributed by atoms with van der Waals surface area (Å²) < 4.78 is 9.84. The van der Waals surface area contributed by atoms with Gasteiger partial charge in [-0.3, -0.25) is 19.2 Å². The molecule has 0 radical (unpaired) electrons. The predicted molar refractivity (Wildman–Crippen MR) is 148 cm³/mol. The lowest BCUT2D eigenvalue weighted by atomic mass is 10.0. The number of fused-ring (bicyclic) bond motifs is 1. The van der Waals surface area contributed by atoms with Gasteiger partial charge in [0.05, 0.1) is 19.8 Å². The number of ether oxygens (including phenoxy) is 2. The molecule has 212 valence electrons. The molecule has 40 heavy (non-hydrogen) atoms. The fourth-order valence-corrected chi connectivity index (χ4v) is 4.04. The normalized spacial score (nSPS) is 12.2. The first-order valence-corrected chi connectivity index (χ1v) is 13.1. The molecular formula is C29H34N4O7. The lowest BCUT2D eigenvalue weighted by molar-refractivity contribution is -0.149. The molecule has 0 bridgehead atoms. The molecule has 3 rings (SSSR count). The first-order chi connectivity index (χ1) is 19.2. The van der Waals surface area contributed by atoms with Crippen LogP contribution in [0.15, 0.2) is 54.6 Å². The second-order valence-corrected chi connectivity index (χ2v) is 8.94. The fourth-order valence-electron chi connectivity index (χ4n) is 4.04. The molecule has 0 aliphatic carbocycles. The second-order valence-electron chi connectivity index (χ2n) is 8.94. The molecular weight excluding hydrogens is 516 g/mol. The molecule has 3 aromatic rings. The fraction of sp³-hybridized carbons (Fsp3) is 0.345. The molecule has 1 aromatic heterocycles. The number of carbonyl (C=O) groups excluding carboxylic acids is 5. The first-order valence-electron chi connectivity index (χ1n) is 13.1.